The van der Waals surface area contributed by atoms with Gasteiger partial charge >= 0.3 is 12.1 Å². The van der Waals surface area contributed by atoms with Gasteiger partial charge < -0.3 is 9.84 Å². The second-order valence-electron chi connectivity index (χ2n) is 3.32. The number of alkyl carbamates (subject to hydrolysis) is 1. The summed E-state index contributed by atoms with van der Waals surface area (Å²) in [5.41, 5.74) is 0.903. The number of hydrogen-bond acceptors (Lipinski definition) is 3. The zero-order valence-corrected chi connectivity index (χ0v) is 9.63. The number of allylic oxidation sites excluding steroid dienone is 2. The van der Waals surface area contributed by atoms with Gasteiger partial charge in [0.15, 0.2) is 0 Å². The summed E-state index contributed by atoms with van der Waals surface area (Å²) >= 11 is 0. The van der Waals surface area contributed by atoms with Crippen molar-refractivity contribution in [2.75, 3.05) is 0 Å². The Morgan fingerprint density at radius 2 is 2.00 bits per heavy atom. The largest absolute Gasteiger partial charge is 0.478 e. The van der Waals surface area contributed by atoms with E-state index in [1.54, 1.807) is 18.2 Å². The molecule has 0 bridgehead atoms. The molecule has 5 nitrogen and oxygen atoms in total. The summed E-state index contributed by atoms with van der Waals surface area (Å²) in [5.74, 6) is -0.991. The average Bonchev–Trinajstić information content (AvgIpc) is 2.37. The molecule has 0 heterocycles. The van der Waals surface area contributed by atoms with Crippen LogP contribution in [-0.4, -0.2) is 17.2 Å². The molecule has 1 amide bonds. The number of hydrogen-bond donors (Lipinski definition) is 2. The van der Waals surface area contributed by atoms with E-state index < -0.39 is 12.1 Å². The fourth-order valence-corrected chi connectivity index (χ4v) is 1.12. The van der Waals surface area contributed by atoms with Gasteiger partial charge in [0.25, 0.3) is 0 Å². The molecule has 0 saturated heterocycles. The number of nitrogens with one attached hydrogen (secondary N) is 1. The van der Waals surface area contributed by atoms with Crippen molar-refractivity contribution < 1.29 is 19.4 Å². The molecule has 1 aromatic rings. The summed E-state index contributed by atoms with van der Waals surface area (Å²) in [6.07, 6.45) is 3.90. The van der Waals surface area contributed by atoms with Crippen molar-refractivity contribution in [1.82, 2.24) is 5.32 Å². The third-order valence-electron chi connectivity index (χ3n) is 2.00. The van der Waals surface area contributed by atoms with Crippen LogP contribution in [0.3, 0.4) is 0 Å². The van der Waals surface area contributed by atoms with Gasteiger partial charge in [-0.1, -0.05) is 24.8 Å². The van der Waals surface area contributed by atoms with E-state index in [9.17, 15) is 9.59 Å². The van der Waals surface area contributed by atoms with E-state index in [-0.39, 0.29) is 12.2 Å². The Bertz CT molecular complexity index is 462. The Morgan fingerprint density at radius 1 is 1.33 bits per heavy atom. The van der Waals surface area contributed by atoms with Gasteiger partial charge in [0.1, 0.15) is 6.61 Å². The highest BCUT2D eigenvalue weighted by molar-refractivity contribution is 5.87. The maximum atomic E-state index is 11.2. The summed E-state index contributed by atoms with van der Waals surface area (Å²) in [6.45, 7) is 3.52. The summed E-state index contributed by atoms with van der Waals surface area (Å²) in [7, 11) is 0. The van der Waals surface area contributed by atoms with E-state index in [0.29, 0.717) is 5.56 Å². The monoisotopic (exact) mass is 247 g/mol. The zero-order valence-electron chi connectivity index (χ0n) is 9.63. The molecule has 2 N–H and O–H groups in total. The Morgan fingerprint density at radius 3 is 2.56 bits per heavy atom. The van der Waals surface area contributed by atoms with E-state index in [0.717, 1.165) is 0 Å². The minimum Gasteiger partial charge on any atom is -0.478 e. The molecule has 0 aliphatic carbocycles. The second kappa shape index (κ2) is 6.90. The molecule has 1 rings (SSSR count). The molecule has 1 aromatic carbocycles. The maximum absolute atomic E-state index is 11.2. The molecule has 0 fully saturated rings. The summed E-state index contributed by atoms with van der Waals surface area (Å²) in [6, 6.07) is 6.10. The van der Waals surface area contributed by atoms with Crippen LogP contribution in [0, 0.1) is 0 Å². The SMILES string of the molecule is C=C/C=C/NC(=O)OCc1ccc(C(=O)O)cc1. The number of carbonyl (C=O) groups excluding carboxylic acids is 1. The van der Waals surface area contributed by atoms with Gasteiger partial charge in [0.2, 0.25) is 0 Å². The van der Waals surface area contributed by atoms with Gasteiger partial charge in [-0.05, 0) is 23.8 Å². The maximum Gasteiger partial charge on any atom is 0.411 e. The number of carboxylic acids is 1. The summed E-state index contributed by atoms with van der Waals surface area (Å²) < 4.78 is 4.89. The van der Waals surface area contributed by atoms with Crippen LogP contribution < -0.4 is 5.32 Å². The Balaban J connectivity index is 2.43. The molecular weight excluding hydrogens is 234 g/mol. The number of benzene rings is 1. The lowest BCUT2D eigenvalue weighted by Crippen LogP contribution is -2.18. The highest BCUT2D eigenvalue weighted by atomic mass is 16.5. The lowest BCUT2D eigenvalue weighted by atomic mass is 10.1. The van der Waals surface area contributed by atoms with Gasteiger partial charge in [-0.2, -0.15) is 0 Å². The molecule has 0 atom stereocenters. The van der Waals surface area contributed by atoms with E-state index in [1.807, 2.05) is 0 Å². The quantitative estimate of drug-likeness (QED) is 0.783. The van der Waals surface area contributed by atoms with E-state index in [4.69, 9.17) is 9.84 Å². The van der Waals surface area contributed by atoms with Crippen LogP contribution in [0.1, 0.15) is 15.9 Å². The van der Waals surface area contributed by atoms with Crippen LogP contribution in [0.4, 0.5) is 4.79 Å². The predicted octanol–water partition coefficient (Wildman–Crippen LogP) is 2.31. The predicted molar refractivity (Wildman–Crippen MR) is 66.1 cm³/mol. The Kier molecular flexibility index (Phi) is 5.18. The summed E-state index contributed by atoms with van der Waals surface area (Å²) in [4.78, 5) is 21.8. The zero-order chi connectivity index (χ0) is 13.4. The first kappa shape index (κ1) is 13.5. The molecule has 5 heteroatoms. The molecule has 18 heavy (non-hydrogen) atoms. The molecule has 0 aliphatic heterocycles. The number of rotatable bonds is 5. The van der Waals surface area contributed by atoms with Crippen molar-refractivity contribution in [3.63, 3.8) is 0 Å². The molecule has 0 spiro atoms. The minimum absolute atomic E-state index is 0.0770. The molecule has 0 saturated carbocycles. The highest BCUT2D eigenvalue weighted by Gasteiger charge is 2.03. The Labute approximate surface area is 104 Å². The summed E-state index contributed by atoms with van der Waals surface area (Å²) in [5, 5.41) is 11.1. The Hall–Kier alpha value is -2.56. The second-order valence-corrected chi connectivity index (χ2v) is 3.32. The van der Waals surface area contributed by atoms with E-state index >= 15 is 0 Å². The molecule has 94 valence electrons. The number of amides is 1. The van der Waals surface area contributed by atoms with Crippen LogP contribution in [0.15, 0.2) is 49.2 Å². The molecule has 0 aliphatic rings. The van der Waals surface area contributed by atoms with Crippen molar-refractivity contribution in [3.05, 3.63) is 60.3 Å². The number of carboxylic acid groups (broad SMARTS) is 1. The normalized spacial score (nSPS) is 10.0. The van der Waals surface area contributed by atoms with Crippen molar-refractivity contribution in [2.45, 2.75) is 6.61 Å². The first-order valence-electron chi connectivity index (χ1n) is 5.16. The first-order valence-corrected chi connectivity index (χ1v) is 5.16. The van der Waals surface area contributed by atoms with E-state index in [1.165, 1.54) is 24.4 Å². The third kappa shape index (κ3) is 4.52. The number of aromatic carboxylic acids is 1. The van der Waals surface area contributed by atoms with Gasteiger partial charge in [-0.15, -0.1) is 0 Å². The van der Waals surface area contributed by atoms with Crippen molar-refractivity contribution >= 4 is 12.1 Å². The highest BCUT2D eigenvalue weighted by Crippen LogP contribution is 2.05. The van der Waals surface area contributed by atoms with Crippen molar-refractivity contribution in [3.8, 4) is 0 Å². The smallest absolute Gasteiger partial charge is 0.411 e. The molecular formula is C13H13NO4. The number of ether oxygens (including phenoxy) is 1. The van der Waals surface area contributed by atoms with Gasteiger partial charge in [0.05, 0.1) is 5.56 Å². The number of carbonyl (C=O) groups is 2. The molecule has 0 aromatic heterocycles. The van der Waals surface area contributed by atoms with E-state index in [2.05, 4.69) is 11.9 Å². The van der Waals surface area contributed by atoms with Crippen LogP contribution in [-0.2, 0) is 11.3 Å². The van der Waals surface area contributed by atoms with Gasteiger partial charge in [-0.3, -0.25) is 5.32 Å². The fraction of sp³-hybridized carbons (Fsp3) is 0.0769. The van der Waals surface area contributed by atoms with Crippen LogP contribution in [0.5, 0.6) is 0 Å². The average molecular weight is 247 g/mol. The molecule has 0 radical (unpaired) electrons. The standard InChI is InChI=1S/C13H13NO4/c1-2-3-8-14-13(17)18-9-10-4-6-11(7-5-10)12(15)16/h2-8H,1,9H2,(H,14,17)(H,15,16)/b8-3+. The first-order chi connectivity index (χ1) is 8.63. The van der Waals surface area contributed by atoms with Crippen LogP contribution >= 0.6 is 0 Å². The lowest BCUT2D eigenvalue weighted by Gasteiger charge is -2.04. The third-order valence-corrected chi connectivity index (χ3v) is 2.00. The topological polar surface area (TPSA) is 75.6 Å². The molecule has 0 unspecified atom stereocenters. The van der Waals surface area contributed by atoms with Crippen LogP contribution in [0.2, 0.25) is 0 Å². The lowest BCUT2D eigenvalue weighted by molar-refractivity contribution is 0.0696. The van der Waals surface area contributed by atoms with Gasteiger partial charge in [-0.25, -0.2) is 9.59 Å². The van der Waals surface area contributed by atoms with Gasteiger partial charge in [0, 0.05) is 6.20 Å². The minimum atomic E-state index is -0.991. The van der Waals surface area contributed by atoms with Crippen LogP contribution in [0.25, 0.3) is 0 Å². The van der Waals surface area contributed by atoms with Crippen molar-refractivity contribution in [2.24, 2.45) is 0 Å². The fourth-order valence-electron chi connectivity index (χ4n) is 1.12. The van der Waals surface area contributed by atoms with Crippen molar-refractivity contribution in [1.29, 1.82) is 0 Å².